The molecular formula is C22H25N7O. The maximum atomic E-state index is 11.8. The number of carbonyl (C=O) groups is 1. The first-order valence-corrected chi connectivity index (χ1v) is 9.97. The number of piperazine rings is 1. The Kier molecular flexibility index (Phi) is 5.74. The highest BCUT2D eigenvalue weighted by molar-refractivity contribution is 5.95. The lowest BCUT2D eigenvalue weighted by molar-refractivity contribution is 0.0963. The predicted octanol–water partition coefficient (Wildman–Crippen LogP) is 2.61. The zero-order valence-corrected chi connectivity index (χ0v) is 17.2. The summed E-state index contributed by atoms with van der Waals surface area (Å²) < 4.78 is 0. The zero-order valence-electron chi connectivity index (χ0n) is 17.2. The Hall–Kier alpha value is -3.68. The van der Waals surface area contributed by atoms with E-state index in [2.05, 4.69) is 66.6 Å². The molecule has 0 saturated carbocycles. The first-order valence-electron chi connectivity index (χ1n) is 9.97. The molecule has 30 heavy (non-hydrogen) atoms. The van der Waals surface area contributed by atoms with Crippen LogP contribution < -0.4 is 20.4 Å². The van der Waals surface area contributed by atoms with Gasteiger partial charge in [-0.2, -0.15) is 4.98 Å². The Bertz CT molecular complexity index is 1030. The number of hydrogen-bond donors (Lipinski definition) is 2. The molecule has 2 aromatic carbocycles. The van der Waals surface area contributed by atoms with Crippen LogP contribution in [-0.2, 0) is 0 Å². The highest BCUT2D eigenvalue weighted by atomic mass is 16.1. The molecule has 1 fully saturated rings. The number of aryl methyl sites for hydroxylation is 1. The number of nitrogens with zero attached hydrogens (tertiary/aromatic N) is 5. The fourth-order valence-electron chi connectivity index (χ4n) is 3.50. The van der Waals surface area contributed by atoms with E-state index >= 15 is 0 Å². The Labute approximate surface area is 176 Å². The van der Waals surface area contributed by atoms with Crippen molar-refractivity contribution in [3.05, 3.63) is 66.0 Å². The molecule has 8 heteroatoms. The lowest BCUT2D eigenvalue weighted by Crippen LogP contribution is -2.47. The van der Waals surface area contributed by atoms with E-state index in [1.54, 1.807) is 19.2 Å². The summed E-state index contributed by atoms with van der Waals surface area (Å²) in [5.74, 6) is 0.968. The average Bonchev–Trinajstić information content (AvgIpc) is 2.79. The van der Waals surface area contributed by atoms with Crippen molar-refractivity contribution >= 4 is 29.2 Å². The van der Waals surface area contributed by atoms with Crippen molar-refractivity contribution in [2.45, 2.75) is 6.92 Å². The van der Waals surface area contributed by atoms with E-state index in [4.69, 9.17) is 0 Å². The zero-order chi connectivity index (χ0) is 20.9. The lowest BCUT2D eigenvalue weighted by atomic mass is 10.2. The predicted molar refractivity (Wildman–Crippen MR) is 119 cm³/mol. The van der Waals surface area contributed by atoms with Crippen LogP contribution in [0, 0.1) is 6.92 Å². The summed E-state index contributed by atoms with van der Waals surface area (Å²) in [5, 5.41) is 5.79. The standard InChI is InChI=1S/C22H25N7O/c1-16-5-3-8-19(13-16)28-9-11-29(12-10-28)22-25-15-24-21(27-22)26-18-7-4-6-17(14-18)20(30)23-2/h3-8,13-15H,9-12H2,1-2H3,(H,23,30)(H,24,25,26,27). The van der Waals surface area contributed by atoms with Gasteiger partial charge in [0.05, 0.1) is 0 Å². The van der Waals surface area contributed by atoms with Gasteiger partial charge in [0.15, 0.2) is 0 Å². The number of anilines is 4. The second-order valence-electron chi connectivity index (χ2n) is 7.21. The van der Waals surface area contributed by atoms with Gasteiger partial charge in [0.2, 0.25) is 11.9 Å². The second-order valence-corrected chi connectivity index (χ2v) is 7.21. The van der Waals surface area contributed by atoms with Gasteiger partial charge >= 0.3 is 0 Å². The summed E-state index contributed by atoms with van der Waals surface area (Å²) in [5.41, 5.74) is 3.84. The van der Waals surface area contributed by atoms with Crippen LogP contribution in [0.25, 0.3) is 0 Å². The monoisotopic (exact) mass is 403 g/mol. The molecular weight excluding hydrogens is 378 g/mol. The summed E-state index contributed by atoms with van der Waals surface area (Å²) >= 11 is 0. The maximum Gasteiger partial charge on any atom is 0.251 e. The lowest BCUT2D eigenvalue weighted by Gasteiger charge is -2.36. The SMILES string of the molecule is CNC(=O)c1cccc(Nc2ncnc(N3CCN(c4cccc(C)c4)CC3)n2)c1. The third-order valence-corrected chi connectivity index (χ3v) is 5.10. The maximum absolute atomic E-state index is 11.8. The molecule has 154 valence electrons. The van der Waals surface area contributed by atoms with Gasteiger partial charge in [-0.3, -0.25) is 4.79 Å². The topological polar surface area (TPSA) is 86.3 Å². The van der Waals surface area contributed by atoms with Crippen molar-refractivity contribution in [2.75, 3.05) is 48.3 Å². The van der Waals surface area contributed by atoms with Crippen LogP contribution in [-0.4, -0.2) is 54.1 Å². The van der Waals surface area contributed by atoms with E-state index in [1.165, 1.54) is 17.6 Å². The summed E-state index contributed by atoms with van der Waals surface area (Å²) in [6.07, 6.45) is 1.51. The number of aromatic nitrogens is 3. The van der Waals surface area contributed by atoms with Crippen molar-refractivity contribution in [3.8, 4) is 0 Å². The molecule has 4 rings (SSSR count). The largest absolute Gasteiger partial charge is 0.368 e. The van der Waals surface area contributed by atoms with Gasteiger partial charge in [-0.1, -0.05) is 18.2 Å². The number of nitrogens with one attached hydrogen (secondary N) is 2. The molecule has 1 aliphatic rings. The number of carbonyl (C=O) groups excluding carboxylic acids is 1. The molecule has 2 heterocycles. The van der Waals surface area contributed by atoms with E-state index in [-0.39, 0.29) is 5.91 Å². The van der Waals surface area contributed by atoms with Gasteiger partial charge in [0.1, 0.15) is 6.33 Å². The van der Waals surface area contributed by atoms with Crippen molar-refractivity contribution < 1.29 is 4.79 Å². The van der Waals surface area contributed by atoms with Crippen LogP contribution in [0.15, 0.2) is 54.9 Å². The van der Waals surface area contributed by atoms with Crippen molar-refractivity contribution in [3.63, 3.8) is 0 Å². The molecule has 8 nitrogen and oxygen atoms in total. The minimum Gasteiger partial charge on any atom is -0.368 e. The molecule has 1 aliphatic heterocycles. The smallest absolute Gasteiger partial charge is 0.251 e. The first-order chi connectivity index (χ1) is 14.6. The number of hydrogen-bond acceptors (Lipinski definition) is 7. The summed E-state index contributed by atoms with van der Waals surface area (Å²) in [6, 6.07) is 15.8. The molecule has 1 amide bonds. The summed E-state index contributed by atoms with van der Waals surface area (Å²) in [4.78, 5) is 29.5. The third kappa shape index (κ3) is 4.48. The van der Waals surface area contributed by atoms with Crippen LogP contribution in [0.1, 0.15) is 15.9 Å². The molecule has 3 aromatic rings. The molecule has 1 saturated heterocycles. The van der Waals surface area contributed by atoms with Crippen LogP contribution in [0.4, 0.5) is 23.3 Å². The van der Waals surface area contributed by atoms with Gasteiger partial charge in [-0.05, 0) is 42.8 Å². The quantitative estimate of drug-likeness (QED) is 0.677. The van der Waals surface area contributed by atoms with Gasteiger partial charge in [0.25, 0.3) is 5.91 Å². The van der Waals surface area contributed by atoms with Gasteiger partial charge in [0, 0.05) is 50.2 Å². The molecule has 0 aliphatic carbocycles. The molecule has 1 aromatic heterocycles. The molecule has 0 spiro atoms. The Balaban J connectivity index is 1.42. The molecule has 0 radical (unpaired) electrons. The molecule has 0 unspecified atom stereocenters. The first kappa shape index (κ1) is 19.6. The van der Waals surface area contributed by atoms with Crippen LogP contribution in [0.5, 0.6) is 0 Å². The van der Waals surface area contributed by atoms with Gasteiger partial charge < -0.3 is 20.4 Å². The summed E-state index contributed by atoms with van der Waals surface area (Å²) in [7, 11) is 1.61. The summed E-state index contributed by atoms with van der Waals surface area (Å²) in [6.45, 7) is 5.61. The van der Waals surface area contributed by atoms with Crippen LogP contribution in [0.3, 0.4) is 0 Å². The Morgan fingerprint density at radius 2 is 1.73 bits per heavy atom. The highest BCUT2D eigenvalue weighted by Gasteiger charge is 2.20. The van der Waals surface area contributed by atoms with Gasteiger partial charge in [-0.25, -0.2) is 9.97 Å². The minimum atomic E-state index is -0.138. The number of benzene rings is 2. The Morgan fingerprint density at radius 3 is 2.50 bits per heavy atom. The highest BCUT2D eigenvalue weighted by Crippen LogP contribution is 2.20. The van der Waals surface area contributed by atoms with Crippen molar-refractivity contribution in [1.82, 2.24) is 20.3 Å². The minimum absolute atomic E-state index is 0.138. The van der Waals surface area contributed by atoms with E-state index < -0.39 is 0 Å². The third-order valence-electron chi connectivity index (χ3n) is 5.10. The van der Waals surface area contributed by atoms with Crippen molar-refractivity contribution in [1.29, 1.82) is 0 Å². The molecule has 0 atom stereocenters. The molecule has 0 bridgehead atoms. The fourth-order valence-corrected chi connectivity index (χ4v) is 3.50. The Morgan fingerprint density at radius 1 is 0.967 bits per heavy atom. The second kappa shape index (κ2) is 8.77. The van der Waals surface area contributed by atoms with E-state index in [0.29, 0.717) is 17.5 Å². The van der Waals surface area contributed by atoms with Crippen molar-refractivity contribution in [2.24, 2.45) is 0 Å². The van der Waals surface area contributed by atoms with E-state index in [9.17, 15) is 4.79 Å². The average molecular weight is 403 g/mol. The number of rotatable bonds is 5. The number of amides is 1. The van der Waals surface area contributed by atoms with Gasteiger partial charge in [-0.15, -0.1) is 0 Å². The van der Waals surface area contributed by atoms with Crippen LogP contribution in [0.2, 0.25) is 0 Å². The van der Waals surface area contributed by atoms with Crippen LogP contribution >= 0.6 is 0 Å². The van der Waals surface area contributed by atoms with E-state index in [0.717, 1.165) is 31.9 Å². The fraction of sp³-hybridized carbons (Fsp3) is 0.273. The van der Waals surface area contributed by atoms with E-state index in [1.807, 2.05) is 12.1 Å². The molecule has 2 N–H and O–H groups in total. The normalized spacial score (nSPS) is 13.8.